The molecule has 134 valence electrons. The van der Waals surface area contributed by atoms with Crippen LogP contribution in [0, 0.1) is 0 Å². The van der Waals surface area contributed by atoms with Crippen molar-refractivity contribution < 1.29 is 14.0 Å². The number of nitrogens with zero attached hydrogens (tertiary/aromatic N) is 2. The van der Waals surface area contributed by atoms with E-state index < -0.39 is 8.32 Å². The van der Waals surface area contributed by atoms with Crippen molar-refractivity contribution in [1.29, 1.82) is 0 Å². The second-order valence-corrected chi connectivity index (χ2v) is 13.8. The monoisotopic (exact) mass is 358 g/mol. The van der Waals surface area contributed by atoms with Crippen LogP contribution in [-0.4, -0.2) is 42.4 Å². The zero-order valence-electron chi connectivity index (χ0n) is 15.8. The Hall–Kier alpha value is -1.50. The first-order valence-electron chi connectivity index (χ1n) is 8.92. The summed E-state index contributed by atoms with van der Waals surface area (Å²) < 4.78 is 8.52. The molecular formula is C19H26N2O3Si. The molecule has 3 aliphatic rings. The molecule has 0 bridgehead atoms. The molecule has 1 unspecified atom stereocenters. The maximum Gasteiger partial charge on any atom is 0.203 e. The van der Waals surface area contributed by atoms with Crippen LogP contribution >= 0.6 is 0 Å². The number of allylic oxidation sites excluding steroid dienone is 2. The molecule has 0 N–H and O–H groups in total. The molecule has 1 saturated heterocycles. The zero-order chi connectivity index (χ0) is 18.3. The Bertz CT molecular complexity index is 829. The van der Waals surface area contributed by atoms with E-state index in [0.29, 0.717) is 29.9 Å². The lowest BCUT2D eigenvalue weighted by molar-refractivity contribution is 0.0987. The minimum absolute atomic E-state index is 0.0571. The van der Waals surface area contributed by atoms with E-state index in [0.717, 1.165) is 17.8 Å². The number of likely N-dealkylation sites (N-methyl/N-ethyl adjacent to an activating group) is 1. The third kappa shape index (κ3) is 2.27. The molecule has 0 radical (unpaired) electrons. The fourth-order valence-corrected chi connectivity index (χ4v) is 4.80. The molecule has 0 saturated carbocycles. The Balaban J connectivity index is 1.77. The predicted molar refractivity (Wildman–Crippen MR) is 98.5 cm³/mol. The van der Waals surface area contributed by atoms with Crippen molar-refractivity contribution in [1.82, 2.24) is 9.47 Å². The van der Waals surface area contributed by atoms with E-state index in [-0.39, 0.29) is 16.6 Å². The van der Waals surface area contributed by atoms with Gasteiger partial charge in [0.2, 0.25) is 5.78 Å². The first kappa shape index (κ1) is 16.9. The van der Waals surface area contributed by atoms with E-state index in [1.165, 1.54) is 12.2 Å². The maximum atomic E-state index is 12.6. The molecule has 5 nitrogen and oxygen atoms in total. The summed E-state index contributed by atoms with van der Waals surface area (Å²) in [6.45, 7) is 12.3. The van der Waals surface area contributed by atoms with Crippen molar-refractivity contribution in [2.45, 2.75) is 64.1 Å². The third-order valence-electron chi connectivity index (χ3n) is 6.54. The number of carbonyl (C=O) groups is 2. The number of carbonyl (C=O) groups excluding carboxylic acids is 2. The second-order valence-electron chi connectivity index (χ2n) is 8.99. The van der Waals surface area contributed by atoms with E-state index >= 15 is 0 Å². The summed E-state index contributed by atoms with van der Waals surface area (Å²) in [5, 5.41) is 0.106. The van der Waals surface area contributed by atoms with Crippen LogP contribution in [-0.2, 0) is 17.6 Å². The van der Waals surface area contributed by atoms with E-state index in [4.69, 9.17) is 4.43 Å². The lowest BCUT2D eigenvalue weighted by Crippen LogP contribution is -2.40. The van der Waals surface area contributed by atoms with E-state index in [1.54, 1.807) is 0 Å². The highest BCUT2D eigenvalue weighted by molar-refractivity contribution is 6.74. The van der Waals surface area contributed by atoms with Crippen molar-refractivity contribution in [2.75, 3.05) is 7.05 Å². The molecule has 25 heavy (non-hydrogen) atoms. The molecule has 1 fully saturated rings. The van der Waals surface area contributed by atoms with Crippen molar-refractivity contribution in [2.24, 2.45) is 0 Å². The van der Waals surface area contributed by atoms with Gasteiger partial charge in [-0.15, -0.1) is 0 Å². The summed E-state index contributed by atoms with van der Waals surface area (Å²) >= 11 is 0. The highest BCUT2D eigenvalue weighted by Gasteiger charge is 2.55. The van der Waals surface area contributed by atoms with Gasteiger partial charge in [-0.05, 0) is 37.3 Å². The maximum absolute atomic E-state index is 12.6. The second kappa shape index (κ2) is 5.02. The number of hydrogen-bond acceptors (Lipinski definition) is 4. The van der Waals surface area contributed by atoms with Gasteiger partial charge in [0, 0.05) is 23.8 Å². The van der Waals surface area contributed by atoms with Crippen molar-refractivity contribution in [3.8, 4) is 0 Å². The number of hydrogen-bond donors (Lipinski definition) is 0. The molecule has 4 rings (SSSR count). The molecule has 1 aromatic heterocycles. The average Bonchev–Trinajstić information content (AvgIpc) is 2.86. The van der Waals surface area contributed by atoms with Gasteiger partial charge in [0.25, 0.3) is 0 Å². The van der Waals surface area contributed by atoms with Crippen LogP contribution in [0.5, 0.6) is 0 Å². The number of ketones is 2. The van der Waals surface area contributed by atoms with E-state index in [2.05, 4.69) is 50.4 Å². The van der Waals surface area contributed by atoms with Gasteiger partial charge >= 0.3 is 0 Å². The van der Waals surface area contributed by atoms with Gasteiger partial charge in [-0.3, -0.25) is 14.5 Å². The first-order valence-corrected chi connectivity index (χ1v) is 11.8. The van der Waals surface area contributed by atoms with Crippen molar-refractivity contribution in [3.63, 3.8) is 0 Å². The lowest BCUT2D eigenvalue weighted by Gasteiger charge is -2.36. The van der Waals surface area contributed by atoms with Crippen LogP contribution in [0.2, 0.25) is 18.1 Å². The Morgan fingerprint density at radius 3 is 2.48 bits per heavy atom. The summed E-state index contributed by atoms with van der Waals surface area (Å²) in [5.41, 5.74) is 3.23. The Morgan fingerprint density at radius 1 is 1.20 bits per heavy atom. The molecule has 3 atom stereocenters. The van der Waals surface area contributed by atoms with Crippen LogP contribution in [0.1, 0.15) is 58.9 Å². The minimum atomic E-state index is -1.94. The fourth-order valence-electron chi connectivity index (χ4n) is 3.86. The molecule has 0 aromatic carbocycles. The topological polar surface area (TPSA) is 51.3 Å². The quantitative estimate of drug-likeness (QED) is 0.614. The zero-order valence-corrected chi connectivity index (χ0v) is 16.8. The van der Waals surface area contributed by atoms with Gasteiger partial charge in [0.1, 0.15) is 5.69 Å². The van der Waals surface area contributed by atoms with Crippen LogP contribution < -0.4 is 0 Å². The lowest BCUT2D eigenvalue weighted by atomic mass is 9.97. The summed E-state index contributed by atoms with van der Waals surface area (Å²) in [4.78, 5) is 27.3. The Kier molecular flexibility index (Phi) is 3.40. The largest absolute Gasteiger partial charge is 0.412 e. The number of aromatic nitrogens is 1. The van der Waals surface area contributed by atoms with Crippen molar-refractivity contribution in [3.05, 3.63) is 34.7 Å². The Morgan fingerprint density at radius 2 is 1.84 bits per heavy atom. The van der Waals surface area contributed by atoms with Gasteiger partial charge in [0.05, 0.1) is 18.2 Å². The summed E-state index contributed by atoms with van der Waals surface area (Å²) in [6.07, 6.45) is 2.81. The fraction of sp³-hybridized carbons (Fsp3) is 0.579. The highest BCUT2D eigenvalue weighted by atomic mass is 28.4. The van der Waals surface area contributed by atoms with Gasteiger partial charge < -0.3 is 8.99 Å². The Labute approximate surface area is 149 Å². The molecule has 0 spiro atoms. The smallest absolute Gasteiger partial charge is 0.203 e. The van der Waals surface area contributed by atoms with E-state index in [1.807, 2.05) is 0 Å². The summed E-state index contributed by atoms with van der Waals surface area (Å²) in [6, 6.07) is 0.782. The van der Waals surface area contributed by atoms with Crippen LogP contribution in [0.3, 0.4) is 0 Å². The molecular weight excluding hydrogens is 332 g/mol. The summed E-state index contributed by atoms with van der Waals surface area (Å²) in [7, 11) is 0.162. The minimum Gasteiger partial charge on any atom is -0.412 e. The summed E-state index contributed by atoms with van der Waals surface area (Å²) in [5.74, 6) is -0.122. The molecule has 0 amide bonds. The third-order valence-corrected chi connectivity index (χ3v) is 11.0. The highest BCUT2D eigenvalue weighted by Crippen LogP contribution is 2.52. The van der Waals surface area contributed by atoms with Crippen LogP contribution in [0.4, 0.5) is 0 Å². The molecule has 1 aliphatic carbocycles. The molecule has 6 heteroatoms. The van der Waals surface area contributed by atoms with Gasteiger partial charge in [0.15, 0.2) is 14.1 Å². The standard InChI is InChI=1S/C19H26N2O3Si/c1-19(2,3)25(5,6)24-10-11-15-13(22)7-8-14(23)18(15)21-9-12-17(16(11)21)20(12)4/h7-8,12,17H,9-10H2,1-6H3/t12-,17-,20?/m0/s1. The molecule has 3 heterocycles. The normalized spacial score (nSPS) is 27.4. The average molecular weight is 359 g/mol. The van der Waals surface area contributed by atoms with Gasteiger partial charge in [-0.1, -0.05) is 20.8 Å². The van der Waals surface area contributed by atoms with Crippen molar-refractivity contribution >= 4 is 19.9 Å². The molecule has 2 aliphatic heterocycles. The first-order chi connectivity index (χ1) is 11.5. The number of fused-ring (bicyclic) bond motifs is 5. The van der Waals surface area contributed by atoms with Crippen LogP contribution in [0.15, 0.2) is 12.2 Å². The van der Waals surface area contributed by atoms with E-state index in [9.17, 15) is 9.59 Å². The number of rotatable bonds is 3. The van der Waals surface area contributed by atoms with Gasteiger partial charge in [-0.25, -0.2) is 0 Å². The van der Waals surface area contributed by atoms with Crippen LogP contribution in [0.25, 0.3) is 0 Å². The predicted octanol–water partition coefficient (Wildman–Crippen LogP) is 3.31. The SMILES string of the molecule is CN1[C@@H]2c3c(CO[Si](C)(C)C(C)(C)C)c4c(n3C[C@@H]21)C(=O)C=CC4=O. The van der Waals surface area contributed by atoms with Gasteiger partial charge in [-0.2, -0.15) is 0 Å². The molecule has 1 aromatic rings.